The van der Waals surface area contributed by atoms with Crippen molar-refractivity contribution in [2.75, 3.05) is 0 Å². The minimum atomic E-state index is -0.463. The molecule has 4 nitrogen and oxygen atoms in total. The molecule has 0 heterocycles. The lowest BCUT2D eigenvalue weighted by Gasteiger charge is -2.03. The monoisotopic (exact) mass is 190 g/mol. The van der Waals surface area contributed by atoms with Crippen molar-refractivity contribution in [2.24, 2.45) is 0 Å². The second-order valence-electron chi connectivity index (χ2n) is 3.07. The fraction of sp³-hybridized carbons (Fsp3) is 0.300. The zero-order valence-electron chi connectivity index (χ0n) is 8.02. The van der Waals surface area contributed by atoms with Gasteiger partial charge in [-0.15, -0.1) is 0 Å². The van der Waals surface area contributed by atoms with E-state index in [0.717, 1.165) is 0 Å². The predicted octanol–water partition coefficient (Wildman–Crippen LogP) is 2.88. The predicted molar refractivity (Wildman–Crippen MR) is 52.9 cm³/mol. The average Bonchev–Trinajstić information content (AvgIpc) is 2.15. The Morgan fingerprint density at radius 2 is 2.21 bits per heavy atom. The van der Waals surface area contributed by atoms with E-state index in [4.69, 9.17) is 6.57 Å². The van der Waals surface area contributed by atoms with Gasteiger partial charge in [-0.05, 0) is 13.0 Å². The molecule has 0 fully saturated rings. The summed E-state index contributed by atoms with van der Waals surface area (Å²) in [5.74, 6) is 0. The Morgan fingerprint density at radius 3 is 2.71 bits per heavy atom. The van der Waals surface area contributed by atoms with Crippen LogP contribution in [0.2, 0.25) is 0 Å². The second-order valence-corrected chi connectivity index (χ2v) is 3.07. The Labute approximate surface area is 82.1 Å². The fourth-order valence-corrected chi connectivity index (χ4v) is 1.34. The number of aryl methyl sites for hydroxylation is 1. The van der Waals surface area contributed by atoms with Crippen molar-refractivity contribution in [3.63, 3.8) is 0 Å². The third-order valence-corrected chi connectivity index (χ3v) is 2.10. The molecule has 0 saturated carbocycles. The number of nitro groups is 1. The first-order valence-electron chi connectivity index (χ1n) is 4.18. The molecule has 1 atom stereocenters. The quantitative estimate of drug-likeness (QED) is 0.409. The van der Waals surface area contributed by atoms with Crippen LogP contribution >= 0.6 is 0 Å². The van der Waals surface area contributed by atoms with E-state index < -0.39 is 11.0 Å². The van der Waals surface area contributed by atoms with Gasteiger partial charge in [0.1, 0.15) is 5.56 Å². The molecule has 0 aliphatic carbocycles. The van der Waals surface area contributed by atoms with Gasteiger partial charge in [-0.3, -0.25) is 10.1 Å². The van der Waals surface area contributed by atoms with Gasteiger partial charge in [0.15, 0.2) is 0 Å². The summed E-state index contributed by atoms with van der Waals surface area (Å²) < 4.78 is 0. The summed E-state index contributed by atoms with van der Waals surface area (Å²) in [6.07, 6.45) is 0. The summed E-state index contributed by atoms with van der Waals surface area (Å²) in [6, 6.07) is 4.58. The third kappa shape index (κ3) is 1.72. The molecule has 0 aromatic heterocycles. The lowest BCUT2D eigenvalue weighted by Crippen LogP contribution is -1.99. The third-order valence-electron chi connectivity index (χ3n) is 2.10. The SMILES string of the molecule is [C-]#[N+]C(C)c1cccc(C)c1[N+](=O)[O-]. The van der Waals surface area contributed by atoms with Gasteiger partial charge in [0.2, 0.25) is 0 Å². The van der Waals surface area contributed by atoms with Crippen molar-refractivity contribution in [3.05, 3.63) is 50.9 Å². The molecular formula is C10H10N2O2. The second kappa shape index (κ2) is 3.88. The maximum atomic E-state index is 10.8. The first-order valence-corrected chi connectivity index (χ1v) is 4.18. The molecule has 1 unspecified atom stereocenters. The molecule has 1 aromatic rings. The smallest absolute Gasteiger partial charge is 0.283 e. The van der Waals surface area contributed by atoms with E-state index in [0.29, 0.717) is 11.1 Å². The van der Waals surface area contributed by atoms with Crippen molar-refractivity contribution < 1.29 is 4.92 Å². The zero-order chi connectivity index (χ0) is 10.7. The summed E-state index contributed by atoms with van der Waals surface area (Å²) in [7, 11) is 0. The van der Waals surface area contributed by atoms with Crippen LogP contribution in [0.3, 0.4) is 0 Å². The van der Waals surface area contributed by atoms with Gasteiger partial charge >= 0.3 is 0 Å². The Hall–Kier alpha value is -1.89. The van der Waals surface area contributed by atoms with E-state index in [1.54, 1.807) is 32.0 Å². The largest absolute Gasteiger partial charge is 0.309 e. The Bertz CT molecular complexity index is 407. The summed E-state index contributed by atoms with van der Waals surface area (Å²) in [6.45, 7) is 10.2. The highest BCUT2D eigenvalue weighted by atomic mass is 16.6. The zero-order valence-corrected chi connectivity index (χ0v) is 8.02. The number of hydrogen-bond acceptors (Lipinski definition) is 2. The summed E-state index contributed by atoms with van der Waals surface area (Å²) in [4.78, 5) is 13.6. The van der Waals surface area contributed by atoms with Crippen LogP contribution in [0, 0.1) is 23.6 Å². The average molecular weight is 190 g/mol. The van der Waals surface area contributed by atoms with Crippen LogP contribution in [-0.2, 0) is 0 Å². The molecule has 0 amide bonds. The highest BCUT2D eigenvalue weighted by molar-refractivity contribution is 5.49. The standard InChI is InChI=1S/C10H10N2O2/c1-7-5-4-6-9(8(2)11-3)10(7)12(13)14/h4-6,8H,1-2H3. The fourth-order valence-electron chi connectivity index (χ4n) is 1.34. The van der Waals surface area contributed by atoms with Crippen molar-refractivity contribution >= 4 is 5.69 Å². The van der Waals surface area contributed by atoms with E-state index in [1.807, 2.05) is 0 Å². The first kappa shape index (κ1) is 10.2. The lowest BCUT2D eigenvalue weighted by atomic mass is 10.0. The highest BCUT2D eigenvalue weighted by Crippen LogP contribution is 2.29. The molecule has 0 aliphatic rings. The van der Waals surface area contributed by atoms with Crippen LogP contribution in [0.5, 0.6) is 0 Å². The number of nitro benzene ring substituents is 1. The first-order chi connectivity index (χ1) is 6.57. The number of benzene rings is 1. The van der Waals surface area contributed by atoms with Gasteiger partial charge in [0.05, 0.1) is 4.92 Å². The Morgan fingerprint density at radius 1 is 1.57 bits per heavy atom. The lowest BCUT2D eigenvalue weighted by molar-refractivity contribution is -0.386. The van der Waals surface area contributed by atoms with Gasteiger partial charge < -0.3 is 4.85 Å². The van der Waals surface area contributed by atoms with Crippen LogP contribution < -0.4 is 0 Å². The van der Waals surface area contributed by atoms with E-state index in [1.165, 1.54) is 0 Å². The van der Waals surface area contributed by atoms with E-state index in [-0.39, 0.29) is 5.69 Å². The molecule has 14 heavy (non-hydrogen) atoms. The number of hydrogen-bond donors (Lipinski definition) is 0. The van der Waals surface area contributed by atoms with Crippen LogP contribution in [0.1, 0.15) is 24.1 Å². The molecule has 0 aliphatic heterocycles. The molecule has 0 bridgehead atoms. The number of para-hydroxylation sites is 1. The van der Waals surface area contributed by atoms with E-state index >= 15 is 0 Å². The van der Waals surface area contributed by atoms with Crippen LogP contribution in [0.25, 0.3) is 4.85 Å². The minimum absolute atomic E-state index is 0.0657. The van der Waals surface area contributed by atoms with Crippen molar-refractivity contribution in [1.29, 1.82) is 0 Å². The van der Waals surface area contributed by atoms with Crippen LogP contribution in [0.4, 0.5) is 5.69 Å². The maximum Gasteiger partial charge on any atom is 0.283 e. The van der Waals surface area contributed by atoms with Crippen LogP contribution in [-0.4, -0.2) is 4.92 Å². The molecule has 0 spiro atoms. The van der Waals surface area contributed by atoms with Gasteiger partial charge in [-0.25, -0.2) is 6.57 Å². The van der Waals surface area contributed by atoms with Crippen molar-refractivity contribution in [1.82, 2.24) is 0 Å². The van der Waals surface area contributed by atoms with Crippen molar-refractivity contribution in [2.45, 2.75) is 19.9 Å². The number of nitrogens with zero attached hydrogens (tertiary/aromatic N) is 2. The van der Waals surface area contributed by atoms with E-state index in [2.05, 4.69) is 4.85 Å². The van der Waals surface area contributed by atoms with Crippen LogP contribution in [0.15, 0.2) is 18.2 Å². The molecule has 72 valence electrons. The summed E-state index contributed by atoms with van der Waals surface area (Å²) >= 11 is 0. The maximum absolute atomic E-state index is 10.8. The molecule has 4 heteroatoms. The summed E-state index contributed by atoms with van der Waals surface area (Å²) in [5.41, 5.74) is 1.16. The minimum Gasteiger partial charge on any atom is -0.309 e. The highest BCUT2D eigenvalue weighted by Gasteiger charge is 2.23. The van der Waals surface area contributed by atoms with Crippen molar-refractivity contribution in [3.8, 4) is 0 Å². The molecular weight excluding hydrogens is 180 g/mol. The topological polar surface area (TPSA) is 47.5 Å². The molecule has 0 N–H and O–H groups in total. The normalized spacial score (nSPS) is 11.8. The summed E-state index contributed by atoms with van der Waals surface area (Å²) in [5, 5.41) is 10.8. The van der Waals surface area contributed by atoms with E-state index in [9.17, 15) is 10.1 Å². The van der Waals surface area contributed by atoms with Gasteiger partial charge in [0, 0.05) is 12.5 Å². The molecule has 1 aromatic carbocycles. The Balaban J connectivity index is 3.37. The van der Waals surface area contributed by atoms with Gasteiger partial charge in [-0.1, -0.05) is 12.1 Å². The molecule has 1 rings (SSSR count). The molecule has 0 saturated heterocycles. The Kier molecular flexibility index (Phi) is 2.82. The molecule has 0 radical (unpaired) electrons. The number of rotatable bonds is 2. The van der Waals surface area contributed by atoms with Gasteiger partial charge in [0.25, 0.3) is 11.7 Å². The van der Waals surface area contributed by atoms with Gasteiger partial charge in [-0.2, -0.15) is 0 Å².